The van der Waals surface area contributed by atoms with Gasteiger partial charge in [-0.25, -0.2) is 13.1 Å². The molecule has 0 spiro atoms. The zero-order chi connectivity index (χ0) is 21.8. The van der Waals surface area contributed by atoms with Gasteiger partial charge >= 0.3 is 0 Å². The number of benzene rings is 1. The Morgan fingerprint density at radius 1 is 1.27 bits per heavy atom. The van der Waals surface area contributed by atoms with E-state index in [0.29, 0.717) is 25.6 Å². The van der Waals surface area contributed by atoms with Crippen molar-refractivity contribution in [1.29, 1.82) is 0 Å². The van der Waals surface area contributed by atoms with Crippen molar-refractivity contribution < 1.29 is 18.1 Å². The average molecular weight is 443 g/mol. The highest BCUT2D eigenvalue weighted by Crippen LogP contribution is 2.16. The molecule has 12 heteroatoms. The van der Waals surface area contributed by atoms with E-state index in [1.807, 2.05) is 6.92 Å². The van der Waals surface area contributed by atoms with Gasteiger partial charge in [0, 0.05) is 57.9 Å². The summed E-state index contributed by atoms with van der Waals surface area (Å²) in [5.41, 5.74) is -0.269. The highest BCUT2D eigenvalue weighted by atomic mass is 32.2. The van der Waals surface area contributed by atoms with E-state index in [1.54, 1.807) is 0 Å². The third kappa shape index (κ3) is 8.22. The molecule has 1 fully saturated rings. The Labute approximate surface area is 177 Å². The molecule has 0 saturated carbocycles. The summed E-state index contributed by atoms with van der Waals surface area (Å²) in [7, 11) is -3.83. The highest BCUT2D eigenvalue weighted by Gasteiger charge is 2.17. The second-order valence-electron chi connectivity index (χ2n) is 6.65. The number of ether oxygens (including phenoxy) is 1. The minimum atomic E-state index is -3.83. The number of aliphatic imine (C=N–C) groups is 1. The quantitative estimate of drug-likeness (QED) is 0.145. The van der Waals surface area contributed by atoms with E-state index in [1.165, 1.54) is 18.2 Å². The molecule has 0 amide bonds. The van der Waals surface area contributed by atoms with Crippen LogP contribution >= 0.6 is 0 Å². The molecule has 0 aromatic heterocycles. The maximum absolute atomic E-state index is 12.3. The largest absolute Gasteiger partial charge is 0.379 e. The maximum atomic E-state index is 12.3. The van der Waals surface area contributed by atoms with Crippen LogP contribution in [-0.4, -0.2) is 83.2 Å². The van der Waals surface area contributed by atoms with Gasteiger partial charge in [0.25, 0.3) is 5.69 Å². The van der Waals surface area contributed by atoms with E-state index in [0.717, 1.165) is 45.3 Å². The number of nitrogens with one attached hydrogen (secondary N) is 3. The smallest absolute Gasteiger partial charge is 0.270 e. The molecule has 3 N–H and O–H groups in total. The van der Waals surface area contributed by atoms with Gasteiger partial charge in [0.15, 0.2) is 5.96 Å². The fourth-order valence-electron chi connectivity index (χ4n) is 2.87. The first-order valence-electron chi connectivity index (χ1n) is 9.99. The summed E-state index contributed by atoms with van der Waals surface area (Å²) in [6.07, 6.45) is 0.927. The summed E-state index contributed by atoms with van der Waals surface area (Å²) in [5, 5.41) is 17.0. The molecule has 168 valence electrons. The van der Waals surface area contributed by atoms with Crippen molar-refractivity contribution in [1.82, 2.24) is 20.3 Å². The molecule has 0 bridgehead atoms. The molecule has 1 aromatic carbocycles. The highest BCUT2D eigenvalue weighted by molar-refractivity contribution is 7.89. The third-order valence-electron chi connectivity index (χ3n) is 4.40. The van der Waals surface area contributed by atoms with Crippen molar-refractivity contribution >= 4 is 21.7 Å². The summed E-state index contributed by atoms with van der Waals surface area (Å²) in [6.45, 7) is 8.16. The van der Waals surface area contributed by atoms with Crippen LogP contribution in [0.4, 0.5) is 5.69 Å². The molecule has 0 radical (unpaired) electrons. The predicted molar refractivity (Wildman–Crippen MR) is 114 cm³/mol. The Balaban J connectivity index is 1.76. The number of non-ortho nitro benzene ring substituents is 1. The molecule has 2 rings (SSSR count). The van der Waals surface area contributed by atoms with Crippen LogP contribution in [0.3, 0.4) is 0 Å². The third-order valence-corrected chi connectivity index (χ3v) is 5.86. The lowest BCUT2D eigenvalue weighted by Gasteiger charge is -2.26. The van der Waals surface area contributed by atoms with E-state index in [4.69, 9.17) is 4.74 Å². The van der Waals surface area contributed by atoms with Gasteiger partial charge in [0.2, 0.25) is 10.0 Å². The summed E-state index contributed by atoms with van der Waals surface area (Å²) < 4.78 is 32.4. The van der Waals surface area contributed by atoms with Crippen molar-refractivity contribution in [2.24, 2.45) is 4.99 Å². The summed E-state index contributed by atoms with van der Waals surface area (Å²) in [6, 6.07) is 4.95. The fourth-order valence-corrected chi connectivity index (χ4v) is 3.94. The van der Waals surface area contributed by atoms with E-state index >= 15 is 0 Å². The van der Waals surface area contributed by atoms with E-state index in [-0.39, 0.29) is 17.1 Å². The number of guanidine groups is 1. The Morgan fingerprint density at radius 2 is 2.03 bits per heavy atom. The Morgan fingerprint density at radius 3 is 2.73 bits per heavy atom. The number of hydrogen-bond acceptors (Lipinski definition) is 7. The van der Waals surface area contributed by atoms with Crippen LogP contribution in [0.5, 0.6) is 0 Å². The molecule has 0 atom stereocenters. The van der Waals surface area contributed by atoms with E-state index < -0.39 is 14.9 Å². The SMILES string of the molecule is CCNC(=NCCCN1CCOCC1)NCCNS(=O)(=O)c1cccc([N+](=O)[O-])c1. The lowest BCUT2D eigenvalue weighted by molar-refractivity contribution is -0.385. The van der Waals surface area contributed by atoms with Gasteiger partial charge < -0.3 is 15.4 Å². The molecule has 11 nitrogen and oxygen atoms in total. The molecule has 1 saturated heterocycles. The maximum Gasteiger partial charge on any atom is 0.270 e. The average Bonchev–Trinajstić information content (AvgIpc) is 2.75. The number of hydrogen-bond donors (Lipinski definition) is 3. The Hall–Kier alpha value is -2.28. The van der Waals surface area contributed by atoms with Gasteiger partial charge in [-0.2, -0.15) is 0 Å². The van der Waals surface area contributed by atoms with Gasteiger partial charge in [0.1, 0.15) is 0 Å². The normalized spacial score (nSPS) is 15.7. The number of nitro benzene ring substituents is 1. The van der Waals surface area contributed by atoms with Crippen molar-refractivity contribution in [2.75, 3.05) is 59.0 Å². The second-order valence-corrected chi connectivity index (χ2v) is 8.41. The van der Waals surface area contributed by atoms with Crippen molar-refractivity contribution in [3.63, 3.8) is 0 Å². The summed E-state index contributed by atoms with van der Waals surface area (Å²) in [5.74, 6) is 0.619. The molecular weight excluding hydrogens is 412 g/mol. The molecule has 0 unspecified atom stereocenters. The van der Waals surface area contributed by atoms with Gasteiger partial charge in [-0.05, 0) is 19.4 Å². The minimum absolute atomic E-state index is 0.114. The molecule has 1 aromatic rings. The molecule has 1 aliphatic rings. The van der Waals surface area contributed by atoms with Crippen LogP contribution in [0, 0.1) is 10.1 Å². The Bertz CT molecular complexity index is 811. The second kappa shape index (κ2) is 12.4. The number of morpholine rings is 1. The van der Waals surface area contributed by atoms with Gasteiger partial charge in [-0.3, -0.25) is 20.0 Å². The van der Waals surface area contributed by atoms with Gasteiger partial charge in [-0.1, -0.05) is 6.07 Å². The van der Waals surface area contributed by atoms with Crippen LogP contribution in [-0.2, 0) is 14.8 Å². The first kappa shape index (κ1) is 24.0. The number of rotatable bonds is 11. The summed E-state index contributed by atoms with van der Waals surface area (Å²) in [4.78, 5) is 16.9. The molecule has 30 heavy (non-hydrogen) atoms. The van der Waals surface area contributed by atoms with Gasteiger partial charge in [-0.15, -0.1) is 0 Å². The summed E-state index contributed by atoms with van der Waals surface area (Å²) >= 11 is 0. The lowest BCUT2D eigenvalue weighted by atomic mass is 10.3. The molecule has 0 aliphatic carbocycles. The number of nitro groups is 1. The van der Waals surface area contributed by atoms with Crippen LogP contribution in [0.15, 0.2) is 34.2 Å². The zero-order valence-corrected chi connectivity index (χ0v) is 18.0. The first-order valence-corrected chi connectivity index (χ1v) is 11.5. The van der Waals surface area contributed by atoms with Crippen LogP contribution in [0.1, 0.15) is 13.3 Å². The molecule has 1 aliphatic heterocycles. The van der Waals surface area contributed by atoms with E-state index in [2.05, 4.69) is 25.2 Å². The molecular formula is C18H30N6O5S. The van der Waals surface area contributed by atoms with Crippen molar-refractivity contribution in [3.8, 4) is 0 Å². The molecule has 1 heterocycles. The standard InChI is InChI=1S/C18H30N6O5S/c1-2-19-18(20-7-4-10-23-11-13-29-14-12-23)21-8-9-22-30(27,28)17-6-3-5-16(15-17)24(25)26/h3,5-6,15,22H,2,4,7-14H2,1H3,(H2,19,20,21). The Kier molecular flexibility index (Phi) is 9.94. The van der Waals surface area contributed by atoms with Crippen molar-refractivity contribution in [2.45, 2.75) is 18.2 Å². The van der Waals surface area contributed by atoms with Crippen molar-refractivity contribution in [3.05, 3.63) is 34.4 Å². The predicted octanol–water partition coefficient (Wildman–Crippen LogP) is 0.151. The van der Waals surface area contributed by atoms with E-state index in [9.17, 15) is 18.5 Å². The lowest BCUT2D eigenvalue weighted by Crippen LogP contribution is -2.41. The monoisotopic (exact) mass is 442 g/mol. The first-order chi connectivity index (χ1) is 14.4. The number of nitrogens with zero attached hydrogens (tertiary/aromatic N) is 3. The van der Waals surface area contributed by atoms with Crippen LogP contribution < -0.4 is 15.4 Å². The van der Waals surface area contributed by atoms with Crippen LogP contribution in [0.2, 0.25) is 0 Å². The minimum Gasteiger partial charge on any atom is -0.379 e. The van der Waals surface area contributed by atoms with Crippen LogP contribution in [0.25, 0.3) is 0 Å². The van der Waals surface area contributed by atoms with Gasteiger partial charge in [0.05, 0.1) is 23.0 Å². The number of sulfonamides is 1. The zero-order valence-electron chi connectivity index (χ0n) is 17.2. The topological polar surface area (TPSA) is 138 Å². The fraction of sp³-hybridized carbons (Fsp3) is 0.611.